The number of hydrogen-bond donors (Lipinski definition) is 1. The Balaban J connectivity index is 1.38. The van der Waals surface area contributed by atoms with E-state index >= 15 is 0 Å². The molecule has 2 heterocycles. The van der Waals surface area contributed by atoms with Crippen LogP contribution in [0.25, 0.3) is 11.4 Å². The van der Waals surface area contributed by atoms with Gasteiger partial charge in [0.15, 0.2) is 5.82 Å². The van der Waals surface area contributed by atoms with E-state index in [9.17, 15) is 4.79 Å². The van der Waals surface area contributed by atoms with Gasteiger partial charge >= 0.3 is 0 Å². The molecule has 0 spiro atoms. The number of carbonyl (C=O) groups is 1. The number of rotatable bonds is 4. The van der Waals surface area contributed by atoms with Crippen LogP contribution in [0, 0.1) is 17.8 Å². The van der Waals surface area contributed by atoms with Crippen LogP contribution in [0.2, 0.25) is 0 Å². The van der Waals surface area contributed by atoms with Crippen LogP contribution in [0.5, 0.6) is 0 Å². The number of aryl methyl sites for hydroxylation is 1. The molecule has 4 rings (SSSR count). The van der Waals surface area contributed by atoms with Crippen molar-refractivity contribution in [2.75, 3.05) is 12.3 Å². The van der Waals surface area contributed by atoms with Crippen LogP contribution in [-0.2, 0) is 4.79 Å². The van der Waals surface area contributed by atoms with Gasteiger partial charge in [0.2, 0.25) is 11.1 Å². The number of thioether (sulfide) groups is 1. The van der Waals surface area contributed by atoms with E-state index in [2.05, 4.69) is 59.9 Å². The van der Waals surface area contributed by atoms with Gasteiger partial charge in [0, 0.05) is 18.2 Å². The molecule has 6 heteroatoms. The van der Waals surface area contributed by atoms with E-state index in [1.807, 2.05) is 12.1 Å². The number of fused-ring (bicyclic) bond motifs is 2. The van der Waals surface area contributed by atoms with E-state index in [1.165, 1.54) is 23.7 Å². The number of likely N-dealkylation sites (tertiary alicyclic amines) is 1. The third-order valence-corrected chi connectivity index (χ3v) is 6.68. The van der Waals surface area contributed by atoms with Gasteiger partial charge in [0.1, 0.15) is 0 Å². The summed E-state index contributed by atoms with van der Waals surface area (Å²) in [6, 6.07) is 8.57. The highest BCUT2D eigenvalue weighted by Gasteiger charge is 2.50. The molecule has 2 aromatic rings. The Morgan fingerprint density at radius 2 is 2.00 bits per heavy atom. The van der Waals surface area contributed by atoms with E-state index < -0.39 is 0 Å². The van der Waals surface area contributed by atoms with E-state index in [0.29, 0.717) is 22.4 Å². The first-order chi connectivity index (χ1) is 12.7. The Bertz CT molecular complexity index is 844. The third kappa shape index (κ3) is 3.91. The molecule has 1 aliphatic carbocycles. The standard InChI is InChI=1S/C21H28N4OS/c1-14-5-7-15(8-6-14)18-22-19(24-23-18)27-11-17(26)25-13-21(4)10-16(25)9-20(2,3)12-21/h5-8,16H,9-13H2,1-4H3,(H,22,23,24)/t16-,21-/m1/s1. The van der Waals surface area contributed by atoms with E-state index in [-0.39, 0.29) is 11.3 Å². The average molecular weight is 385 g/mol. The van der Waals surface area contributed by atoms with E-state index in [0.717, 1.165) is 30.8 Å². The van der Waals surface area contributed by atoms with Gasteiger partial charge in [-0.05, 0) is 37.0 Å². The summed E-state index contributed by atoms with van der Waals surface area (Å²) < 4.78 is 0. The molecule has 1 aromatic carbocycles. The van der Waals surface area contributed by atoms with Crippen molar-refractivity contribution in [3.8, 4) is 11.4 Å². The fourth-order valence-electron chi connectivity index (χ4n) is 5.11. The minimum Gasteiger partial charge on any atom is -0.338 e. The van der Waals surface area contributed by atoms with Gasteiger partial charge in [0.05, 0.1) is 5.75 Å². The molecule has 2 atom stereocenters. The topological polar surface area (TPSA) is 61.9 Å². The van der Waals surface area contributed by atoms with Crippen molar-refractivity contribution in [1.82, 2.24) is 20.1 Å². The molecule has 1 N–H and O–H groups in total. The quantitative estimate of drug-likeness (QED) is 0.799. The predicted molar refractivity (Wildman–Crippen MR) is 109 cm³/mol. The fourth-order valence-corrected chi connectivity index (χ4v) is 5.80. The summed E-state index contributed by atoms with van der Waals surface area (Å²) in [5.41, 5.74) is 2.82. The number of benzene rings is 1. The zero-order chi connectivity index (χ0) is 19.2. The number of hydrogen-bond acceptors (Lipinski definition) is 4. The smallest absolute Gasteiger partial charge is 0.233 e. The van der Waals surface area contributed by atoms with E-state index in [1.54, 1.807) is 0 Å². The van der Waals surface area contributed by atoms with Crippen molar-refractivity contribution in [3.05, 3.63) is 29.8 Å². The van der Waals surface area contributed by atoms with Crippen molar-refractivity contribution < 1.29 is 4.79 Å². The highest BCUT2D eigenvalue weighted by Crippen LogP contribution is 2.52. The minimum absolute atomic E-state index is 0.216. The zero-order valence-electron chi connectivity index (χ0n) is 16.6. The van der Waals surface area contributed by atoms with Crippen LogP contribution in [0.15, 0.2) is 29.4 Å². The molecule has 1 aromatic heterocycles. The molecule has 2 fully saturated rings. The number of H-pyrrole nitrogens is 1. The fraction of sp³-hybridized carbons (Fsp3) is 0.571. The maximum atomic E-state index is 12.9. The molecule has 144 valence electrons. The van der Waals surface area contributed by atoms with E-state index in [4.69, 9.17) is 0 Å². The third-order valence-electron chi connectivity index (χ3n) is 5.85. The van der Waals surface area contributed by atoms with Crippen molar-refractivity contribution in [2.45, 2.75) is 58.2 Å². The number of carbonyl (C=O) groups excluding carboxylic acids is 1. The number of nitrogens with one attached hydrogen (secondary N) is 1. The lowest BCUT2D eigenvalue weighted by Gasteiger charge is -2.39. The first-order valence-corrected chi connectivity index (χ1v) is 10.6. The summed E-state index contributed by atoms with van der Waals surface area (Å²) in [5, 5.41) is 7.89. The summed E-state index contributed by atoms with van der Waals surface area (Å²) in [6.45, 7) is 9.96. The van der Waals surface area contributed by atoms with Crippen LogP contribution in [-0.4, -0.2) is 44.3 Å². The molecule has 1 aliphatic heterocycles. The van der Waals surface area contributed by atoms with Gasteiger partial charge in [-0.25, -0.2) is 4.98 Å². The maximum absolute atomic E-state index is 12.9. The lowest BCUT2D eigenvalue weighted by Crippen LogP contribution is -2.38. The van der Waals surface area contributed by atoms with Gasteiger partial charge < -0.3 is 4.90 Å². The summed E-state index contributed by atoms with van der Waals surface area (Å²) in [5.74, 6) is 1.36. The van der Waals surface area contributed by atoms with Crippen LogP contribution < -0.4 is 0 Å². The summed E-state index contributed by atoms with van der Waals surface area (Å²) >= 11 is 1.42. The first kappa shape index (κ1) is 18.5. The predicted octanol–water partition coefficient (Wildman–Crippen LogP) is 4.30. The molecule has 2 bridgehead atoms. The molecule has 5 nitrogen and oxygen atoms in total. The Labute approximate surface area is 165 Å². The molecule has 1 saturated heterocycles. The van der Waals surface area contributed by atoms with Crippen LogP contribution in [0.3, 0.4) is 0 Å². The lowest BCUT2D eigenvalue weighted by atomic mass is 9.65. The summed E-state index contributed by atoms with van der Waals surface area (Å²) in [4.78, 5) is 19.5. The average Bonchev–Trinajstić information content (AvgIpc) is 3.14. The normalized spacial score (nSPS) is 26.4. The van der Waals surface area contributed by atoms with Gasteiger partial charge in [-0.15, -0.1) is 5.10 Å². The number of aromatic nitrogens is 3. The Kier molecular flexibility index (Phi) is 4.57. The highest BCUT2D eigenvalue weighted by atomic mass is 32.2. The monoisotopic (exact) mass is 384 g/mol. The second-order valence-corrected chi connectivity index (χ2v) is 10.3. The Morgan fingerprint density at radius 3 is 2.74 bits per heavy atom. The van der Waals surface area contributed by atoms with Crippen LogP contribution >= 0.6 is 11.8 Å². The summed E-state index contributed by atoms with van der Waals surface area (Å²) in [7, 11) is 0. The lowest BCUT2D eigenvalue weighted by molar-refractivity contribution is -0.129. The second-order valence-electron chi connectivity index (χ2n) is 9.36. The molecule has 2 aliphatic rings. The van der Waals surface area contributed by atoms with Crippen molar-refractivity contribution in [3.63, 3.8) is 0 Å². The molecule has 0 unspecified atom stereocenters. The van der Waals surface area contributed by atoms with Crippen molar-refractivity contribution >= 4 is 17.7 Å². The molecule has 0 radical (unpaired) electrons. The number of amides is 1. The molecule has 27 heavy (non-hydrogen) atoms. The highest BCUT2D eigenvalue weighted by molar-refractivity contribution is 7.99. The molecular weight excluding hydrogens is 356 g/mol. The molecular formula is C21H28N4OS. The number of nitrogens with zero attached hydrogens (tertiary/aromatic N) is 3. The van der Waals surface area contributed by atoms with Crippen molar-refractivity contribution in [2.24, 2.45) is 10.8 Å². The Hall–Kier alpha value is -1.82. The SMILES string of the molecule is Cc1ccc(-c2nc(SCC(=O)N3C[C@]4(C)C[C@H]3CC(C)(C)C4)n[nH]2)cc1. The van der Waals surface area contributed by atoms with Crippen LogP contribution in [0.4, 0.5) is 0 Å². The van der Waals surface area contributed by atoms with Gasteiger partial charge in [-0.3, -0.25) is 9.89 Å². The van der Waals surface area contributed by atoms with Crippen LogP contribution in [0.1, 0.15) is 45.6 Å². The van der Waals surface area contributed by atoms with Gasteiger partial charge in [-0.1, -0.05) is 62.4 Å². The van der Waals surface area contributed by atoms with Gasteiger partial charge in [-0.2, -0.15) is 0 Å². The zero-order valence-corrected chi connectivity index (χ0v) is 17.4. The first-order valence-electron chi connectivity index (χ1n) is 9.65. The minimum atomic E-state index is 0.216. The van der Waals surface area contributed by atoms with Gasteiger partial charge in [0.25, 0.3) is 0 Å². The summed E-state index contributed by atoms with van der Waals surface area (Å²) in [6.07, 6.45) is 3.45. The Morgan fingerprint density at radius 1 is 1.26 bits per heavy atom. The molecule has 1 saturated carbocycles. The molecule has 1 amide bonds. The number of aromatic amines is 1. The largest absolute Gasteiger partial charge is 0.338 e. The second kappa shape index (κ2) is 6.66. The van der Waals surface area contributed by atoms with Crippen molar-refractivity contribution in [1.29, 1.82) is 0 Å². The maximum Gasteiger partial charge on any atom is 0.233 e.